The van der Waals surface area contributed by atoms with Gasteiger partial charge in [-0.25, -0.2) is 10.8 Å². The Bertz CT molecular complexity index is 1140. The fourth-order valence-electron chi connectivity index (χ4n) is 3.60. The highest BCUT2D eigenvalue weighted by molar-refractivity contribution is 5.94. The van der Waals surface area contributed by atoms with Crippen molar-refractivity contribution in [1.29, 1.82) is 0 Å². The number of hydrazine groups is 1. The molecule has 0 bridgehead atoms. The lowest BCUT2D eigenvalue weighted by molar-refractivity contribution is 0.414. The van der Waals surface area contributed by atoms with E-state index in [0.29, 0.717) is 12.2 Å². The van der Waals surface area contributed by atoms with Gasteiger partial charge >= 0.3 is 0 Å². The molecule has 0 fully saturated rings. The smallest absolute Gasteiger partial charge is 0.149 e. The summed E-state index contributed by atoms with van der Waals surface area (Å²) in [5, 5.41) is 1.99. The number of nitrogens with two attached hydrogens (primary N) is 1. The van der Waals surface area contributed by atoms with E-state index in [9.17, 15) is 0 Å². The highest BCUT2D eigenvalue weighted by Gasteiger charge is 2.15. The van der Waals surface area contributed by atoms with Gasteiger partial charge in [0, 0.05) is 24.2 Å². The number of ether oxygens (including phenoxy) is 2. The summed E-state index contributed by atoms with van der Waals surface area (Å²) in [4.78, 5) is 9.11. The Morgan fingerprint density at radius 3 is 1.97 bits per heavy atom. The van der Waals surface area contributed by atoms with Gasteiger partial charge in [0.15, 0.2) is 0 Å². The van der Waals surface area contributed by atoms with E-state index >= 15 is 0 Å². The van der Waals surface area contributed by atoms with Crippen molar-refractivity contribution in [1.82, 2.24) is 9.97 Å². The van der Waals surface area contributed by atoms with Crippen LogP contribution < -0.4 is 20.7 Å². The molecule has 0 radical (unpaired) electrons. The van der Waals surface area contributed by atoms with Crippen LogP contribution in [0.3, 0.4) is 0 Å². The van der Waals surface area contributed by atoms with Crippen LogP contribution in [0.4, 0.5) is 5.82 Å². The number of methoxy groups -OCH3 is 2. The molecule has 0 amide bonds. The Balaban J connectivity index is 1.80. The van der Waals surface area contributed by atoms with Crippen LogP contribution in [0.2, 0.25) is 0 Å². The number of aromatic nitrogens is 2. The molecule has 0 atom stereocenters. The van der Waals surface area contributed by atoms with E-state index in [4.69, 9.17) is 20.3 Å². The third-order valence-electron chi connectivity index (χ3n) is 5.20. The third-order valence-corrected chi connectivity index (χ3v) is 5.20. The van der Waals surface area contributed by atoms with E-state index in [1.807, 2.05) is 30.3 Å². The standard InChI is InChI=1S/C24H24N4O2/c1-29-18-7-3-16(4-8-18)13-21-20-11-12-26-15-22(20)24(28-25)27-23(21)14-17-5-9-19(30-2)10-6-17/h3-12,15H,13-14,25H2,1-2H3,(H,27,28). The molecule has 0 spiro atoms. The van der Waals surface area contributed by atoms with Crippen molar-refractivity contribution in [2.45, 2.75) is 12.8 Å². The first-order valence-corrected chi connectivity index (χ1v) is 9.69. The Kier molecular flexibility index (Phi) is 5.77. The number of rotatable bonds is 7. The first-order chi connectivity index (χ1) is 14.7. The Labute approximate surface area is 175 Å². The average molecular weight is 400 g/mol. The monoisotopic (exact) mass is 400 g/mol. The van der Waals surface area contributed by atoms with Crippen LogP contribution in [-0.2, 0) is 12.8 Å². The molecule has 0 aliphatic carbocycles. The normalized spacial score (nSPS) is 10.8. The molecule has 2 aromatic heterocycles. The van der Waals surface area contributed by atoms with E-state index in [0.717, 1.165) is 45.5 Å². The van der Waals surface area contributed by atoms with Crippen LogP contribution in [0, 0.1) is 0 Å². The zero-order valence-corrected chi connectivity index (χ0v) is 17.1. The molecule has 2 aromatic carbocycles. The van der Waals surface area contributed by atoms with Crippen LogP contribution in [0.25, 0.3) is 10.8 Å². The molecular formula is C24H24N4O2. The van der Waals surface area contributed by atoms with Crippen LogP contribution in [-0.4, -0.2) is 24.2 Å². The maximum Gasteiger partial charge on any atom is 0.149 e. The van der Waals surface area contributed by atoms with E-state index in [2.05, 4.69) is 34.7 Å². The van der Waals surface area contributed by atoms with Gasteiger partial charge in [0.05, 0.1) is 19.9 Å². The number of pyridine rings is 2. The lowest BCUT2D eigenvalue weighted by atomic mass is 9.95. The number of benzene rings is 2. The lowest BCUT2D eigenvalue weighted by Gasteiger charge is -2.16. The van der Waals surface area contributed by atoms with E-state index in [-0.39, 0.29) is 0 Å². The van der Waals surface area contributed by atoms with Gasteiger partial charge in [0.2, 0.25) is 0 Å². The predicted octanol–water partition coefficient (Wildman–Crippen LogP) is 4.11. The second-order valence-corrected chi connectivity index (χ2v) is 7.00. The first kappa shape index (κ1) is 19.7. The van der Waals surface area contributed by atoms with Gasteiger partial charge in [-0.3, -0.25) is 4.98 Å². The van der Waals surface area contributed by atoms with Gasteiger partial charge < -0.3 is 14.9 Å². The minimum Gasteiger partial charge on any atom is -0.497 e. The topological polar surface area (TPSA) is 82.3 Å². The summed E-state index contributed by atoms with van der Waals surface area (Å²) in [5.41, 5.74) is 7.20. The summed E-state index contributed by atoms with van der Waals surface area (Å²) in [6, 6.07) is 18.2. The summed E-state index contributed by atoms with van der Waals surface area (Å²) in [5.74, 6) is 8.08. The average Bonchev–Trinajstić information content (AvgIpc) is 2.81. The van der Waals surface area contributed by atoms with Crippen molar-refractivity contribution < 1.29 is 9.47 Å². The van der Waals surface area contributed by atoms with E-state index in [1.165, 1.54) is 5.56 Å². The minimum absolute atomic E-state index is 0.625. The maximum atomic E-state index is 5.78. The number of nitrogens with zero attached hydrogens (tertiary/aromatic N) is 2. The van der Waals surface area contributed by atoms with Crippen LogP contribution in [0.15, 0.2) is 67.0 Å². The second-order valence-electron chi connectivity index (χ2n) is 7.00. The quantitative estimate of drug-likeness (QED) is 0.359. The number of nitrogens with one attached hydrogen (secondary N) is 1. The number of fused-ring (bicyclic) bond motifs is 1. The predicted molar refractivity (Wildman–Crippen MR) is 119 cm³/mol. The minimum atomic E-state index is 0.625. The molecule has 0 saturated heterocycles. The summed E-state index contributed by atoms with van der Waals surface area (Å²) in [6.45, 7) is 0. The van der Waals surface area contributed by atoms with Gasteiger partial charge in [0.1, 0.15) is 17.3 Å². The van der Waals surface area contributed by atoms with Crippen molar-refractivity contribution in [3.8, 4) is 11.5 Å². The Morgan fingerprint density at radius 1 is 0.800 bits per heavy atom. The van der Waals surface area contributed by atoms with Gasteiger partial charge in [-0.2, -0.15) is 0 Å². The maximum absolute atomic E-state index is 5.78. The molecule has 0 unspecified atom stereocenters. The van der Waals surface area contributed by atoms with Gasteiger partial charge in [-0.1, -0.05) is 24.3 Å². The summed E-state index contributed by atoms with van der Waals surface area (Å²) < 4.78 is 10.6. The van der Waals surface area contributed by atoms with Crippen molar-refractivity contribution >= 4 is 16.6 Å². The Hall–Kier alpha value is -3.64. The molecule has 4 rings (SSSR count). The van der Waals surface area contributed by atoms with Crippen molar-refractivity contribution in [3.05, 3.63) is 89.4 Å². The summed E-state index contributed by atoms with van der Waals surface area (Å²) in [7, 11) is 3.34. The van der Waals surface area contributed by atoms with Crippen LogP contribution >= 0.6 is 0 Å². The lowest BCUT2D eigenvalue weighted by Crippen LogP contribution is -2.12. The molecular weight excluding hydrogens is 376 g/mol. The molecule has 0 saturated carbocycles. The number of hydrogen-bond donors (Lipinski definition) is 2. The molecule has 6 heteroatoms. The van der Waals surface area contributed by atoms with Crippen molar-refractivity contribution in [2.75, 3.05) is 19.6 Å². The first-order valence-electron chi connectivity index (χ1n) is 9.69. The zero-order valence-electron chi connectivity index (χ0n) is 17.1. The van der Waals surface area contributed by atoms with Gasteiger partial charge in [-0.15, -0.1) is 0 Å². The number of nitrogen functional groups attached to an aromatic ring is 1. The fourth-order valence-corrected chi connectivity index (χ4v) is 3.60. The fraction of sp³-hybridized carbons (Fsp3) is 0.167. The second kappa shape index (κ2) is 8.80. The highest BCUT2D eigenvalue weighted by Crippen LogP contribution is 2.30. The third kappa shape index (κ3) is 4.04. The Morgan fingerprint density at radius 2 is 1.40 bits per heavy atom. The van der Waals surface area contributed by atoms with Crippen LogP contribution in [0.5, 0.6) is 11.5 Å². The van der Waals surface area contributed by atoms with Gasteiger partial charge in [0.25, 0.3) is 0 Å². The van der Waals surface area contributed by atoms with Crippen molar-refractivity contribution in [3.63, 3.8) is 0 Å². The highest BCUT2D eigenvalue weighted by atomic mass is 16.5. The van der Waals surface area contributed by atoms with E-state index < -0.39 is 0 Å². The zero-order chi connectivity index (χ0) is 20.9. The SMILES string of the molecule is COc1ccc(Cc2nc(NN)c3cnccc3c2Cc2ccc(OC)cc2)cc1. The summed E-state index contributed by atoms with van der Waals surface area (Å²) in [6.07, 6.45) is 5.03. The van der Waals surface area contributed by atoms with Crippen LogP contribution in [0.1, 0.15) is 22.4 Å². The molecule has 6 nitrogen and oxygen atoms in total. The largest absolute Gasteiger partial charge is 0.497 e. The van der Waals surface area contributed by atoms with Crippen molar-refractivity contribution in [2.24, 2.45) is 5.84 Å². The molecule has 2 heterocycles. The van der Waals surface area contributed by atoms with E-state index in [1.54, 1.807) is 26.6 Å². The molecule has 3 N–H and O–H groups in total. The molecule has 0 aliphatic rings. The molecule has 0 aliphatic heterocycles. The van der Waals surface area contributed by atoms with Gasteiger partial charge in [-0.05, 0) is 58.8 Å². The molecule has 30 heavy (non-hydrogen) atoms. The molecule has 152 valence electrons. The number of anilines is 1. The molecule has 4 aromatic rings. The summed E-state index contributed by atoms with van der Waals surface area (Å²) >= 11 is 0. The number of hydrogen-bond acceptors (Lipinski definition) is 6.